The van der Waals surface area contributed by atoms with Crippen LogP contribution >= 0.6 is 11.5 Å². The van der Waals surface area contributed by atoms with Crippen molar-refractivity contribution in [2.24, 2.45) is 5.92 Å². The second-order valence-corrected chi connectivity index (χ2v) is 7.77. The maximum Gasteiger partial charge on any atom is 0.267 e. The summed E-state index contributed by atoms with van der Waals surface area (Å²) in [4.78, 5) is 27.7. The van der Waals surface area contributed by atoms with Crippen LogP contribution in [0.4, 0.5) is 0 Å². The molecule has 2 aromatic rings. The number of likely N-dealkylation sites (tertiary alicyclic amines) is 1. The molecule has 30 heavy (non-hydrogen) atoms. The number of hydrogen-bond acceptors (Lipinski definition) is 8. The molecule has 0 spiro atoms. The number of nitrogens with one attached hydrogen (secondary N) is 1. The average Bonchev–Trinajstić information content (AvgIpc) is 3.21. The Morgan fingerprint density at radius 1 is 1.13 bits per heavy atom. The summed E-state index contributed by atoms with van der Waals surface area (Å²) in [6.45, 7) is 3.62. The summed E-state index contributed by atoms with van der Waals surface area (Å²) in [6, 6.07) is 3.33. The number of aromatic nitrogens is 2. The minimum absolute atomic E-state index is 0.0138. The summed E-state index contributed by atoms with van der Waals surface area (Å²) in [7, 11) is 4.52. The van der Waals surface area contributed by atoms with E-state index in [1.165, 1.54) is 21.3 Å². The molecule has 1 aromatic carbocycles. The van der Waals surface area contributed by atoms with Crippen molar-refractivity contribution >= 4 is 23.3 Å². The van der Waals surface area contributed by atoms with E-state index in [9.17, 15) is 9.59 Å². The van der Waals surface area contributed by atoms with E-state index >= 15 is 0 Å². The zero-order valence-corrected chi connectivity index (χ0v) is 18.4. The van der Waals surface area contributed by atoms with Gasteiger partial charge in [-0.15, -0.1) is 5.10 Å². The van der Waals surface area contributed by atoms with Crippen molar-refractivity contribution in [3.8, 4) is 17.2 Å². The Balaban J connectivity index is 1.56. The fourth-order valence-corrected chi connectivity index (χ4v) is 4.15. The lowest BCUT2D eigenvalue weighted by Crippen LogP contribution is -2.41. The highest BCUT2D eigenvalue weighted by Gasteiger charge is 2.27. The molecule has 0 bridgehead atoms. The predicted octanol–water partition coefficient (Wildman–Crippen LogP) is 2.15. The molecule has 3 rings (SSSR count). The molecule has 162 valence electrons. The van der Waals surface area contributed by atoms with Crippen molar-refractivity contribution < 1.29 is 23.8 Å². The van der Waals surface area contributed by atoms with Gasteiger partial charge in [0.1, 0.15) is 4.88 Å². The fourth-order valence-electron chi connectivity index (χ4n) is 3.52. The van der Waals surface area contributed by atoms with E-state index in [0.717, 1.165) is 24.4 Å². The Labute approximate surface area is 179 Å². The molecule has 2 amide bonds. The highest BCUT2D eigenvalue weighted by atomic mass is 32.1. The average molecular weight is 435 g/mol. The molecule has 1 N–H and O–H groups in total. The highest BCUT2D eigenvalue weighted by Crippen LogP contribution is 2.39. The molecule has 0 saturated carbocycles. The van der Waals surface area contributed by atoms with Crippen LogP contribution in [0.25, 0.3) is 0 Å². The van der Waals surface area contributed by atoms with Crippen LogP contribution in [0, 0.1) is 12.8 Å². The van der Waals surface area contributed by atoms with Crippen LogP contribution in [-0.2, 0) is 0 Å². The zero-order valence-electron chi connectivity index (χ0n) is 17.6. The number of benzene rings is 1. The molecule has 0 unspecified atom stereocenters. The molecular weight excluding hydrogens is 408 g/mol. The number of nitrogens with zero attached hydrogens (tertiary/aromatic N) is 3. The number of aryl methyl sites for hydroxylation is 1. The van der Waals surface area contributed by atoms with Gasteiger partial charge in [0.25, 0.3) is 11.8 Å². The van der Waals surface area contributed by atoms with Gasteiger partial charge in [-0.2, -0.15) is 0 Å². The van der Waals surface area contributed by atoms with Gasteiger partial charge in [-0.25, -0.2) is 0 Å². The van der Waals surface area contributed by atoms with Crippen molar-refractivity contribution in [2.75, 3.05) is 41.0 Å². The third-order valence-corrected chi connectivity index (χ3v) is 6.06. The summed E-state index contributed by atoms with van der Waals surface area (Å²) in [5, 5.41) is 6.89. The van der Waals surface area contributed by atoms with Gasteiger partial charge in [-0.05, 0) is 49.3 Å². The fraction of sp³-hybridized carbons (Fsp3) is 0.500. The minimum atomic E-state index is -0.238. The van der Waals surface area contributed by atoms with E-state index in [1.807, 2.05) is 4.90 Å². The van der Waals surface area contributed by atoms with Gasteiger partial charge in [0.2, 0.25) is 5.75 Å². The third kappa shape index (κ3) is 4.48. The lowest BCUT2D eigenvalue weighted by Gasteiger charge is -2.31. The molecule has 1 aliphatic heterocycles. The van der Waals surface area contributed by atoms with Crippen molar-refractivity contribution in [3.05, 3.63) is 28.3 Å². The smallest absolute Gasteiger partial charge is 0.267 e. The number of rotatable bonds is 7. The number of hydrogen-bond donors (Lipinski definition) is 1. The molecule has 1 aliphatic rings. The number of piperidine rings is 1. The summed E-state index contributed by atoms with van der Waals surface area (Å²) in [5.41, 5.74) is 1.05. The second-order valence-electron chi connectivity index (χ2n) is 7.01. The highest BCUT2D eigenvalue weighted by molar-refractivity contribution is 7.07. The molecule has 1 aromatic heterocycles. The van der Waals surface area contributed by atoms with Crippen LogP contribution in [0.15, 0.2) is 12.1 Å². The zero-order chi connectivity index (χ0) is 21.7. The number of amides is 2. The first-order valence-electron chi connectivity index (χ1n) is 9.65. The first kappa shape index (κ1) is 21.8. The van der Waals surface area contributed by atoms with Crippen LogP contribution in [0.3, 0.4) is 0 Å². The molecule has 0 atom stereocenters. The van der Waals surface area contributed by atoms with Gasteiger partial charge in [0, 0.05) is 19.6 Å². The Morgan fingerprint density at radius 3 is 2.40 bits per heavy atom. The molecule has 1 fully saturated rings. The standard InChI is InChI=1S/C20H26N4O5S/c1-12-18(30-23-22-12)20(26)24-9-7-13(8-10-24)11-21-19(25)14-5-6-15(27-2)17(29-4)16(14)28-3/h5-6,13H,7-11H2,1-4H3,(H,21,25). The van der Waals surface area contributed by atoms with Crippen LogP contribution in [0.2, 0.25) is 0 Å². The third-order valence-electron chi connectivity index (χ3n) is 5.25. The largest absolute Gasteiger partial charge is 0.493 e. The van der Waals surface area contributed by atoms with E-state index in [1.54, 1.807) is 19.1 Å². The quantitative estimate of drug-likeness (QED) is 0.712. The Hall–Kier alpha value is -2.88. The molecule has 10 heteroatoms. The first-order chi connectivity index (χ1) is 14.5. The van der Waals surface area contributed by atoms with Crippen LogP contribution in [0.5, 0.6) is 17.2 Å². The lowest BCUT2D eigenvalue weighted by atomic mass is 9.96. The molecule has 9 nitrogen and oxygen atoms in total. The van der Waals surface area contributed by atoms with Crippen LogP contribution in [0.1, 0.15) is 38.6 Å². The molecule has 0 aliphatic carbocycles. The topological polar surface area (TPSA) is 103 Å². The van der Waals surface area contributed by atoms with Crippen molar-refractivity contribution in [3.63, 3.8) is 0 Å². The SMILES string of the molecule is COc1ccc(C(=O)NCC2CCN(C(=O)c3snnc3C)CC2)c(OC)c1OC. The second kappa shape index (κ2) is 9.75. The molecule has 1 saturated heterocycles. The summed E-state index contributed by atoms with van der Waals surface area (Å²) >= 11 is 1.13. The number of carbonyl (C=O) groups is 2. The van der Waals surface area contributed by atoms with Gasteiger partial charge in [-0.1, -0.05) is 4.49 Å². The van der Waals surface area contributed by atoms with E-state index in [0.29, 0.717) is 58.9 Å². The van der Waals surface area contributed by atoms with E-state index in [4.69, 9.17) is 14.2 Å². The van der Waals surface area contributed by atoms with Gasteiger partial charge in [0.15, 0.2) is 11.5 Å². The van der Waals surface area contributed by atoms with Gasteiger partial charge >= 0.3 is 0 Å². The Bertz CT molecular complexity index is 909. The lowest BCUT2D eigenvalue weighted by molar-refractivity contribution is 0.0688. The molecule has 2 heterocycles. The van der Waals surface area contributed by atoms with Crippen molar-refractivity contribution in [1.82, 2.24) is 19.8 Å². The monoisotopic (exact) mass is 434 g/mol. The molecule has 0 radical (unpaired) electrons. The minimum Gasteiger partial charge on any atom is -0.493 e. The van der Waals surface area contributed by atoms with Gasteiger partial charge in [-0.3, -0.25) is 9.59 Å². The maximum atomic E-state index is 12.7. The van der Waals surface area contributed by atoms with E-state index in [2.05, 4.69) is 14.9 Å². The van der Waals surface area contributed by atoms with Crippen molar-refractivity contribution in [1.29, 1.82) is 0 Å². The van der Waals surface area contributed by atoms with Crippen LogP contribution < -0.4 is 19.5 Å². The van der Waals surface area contributed by atoms with Gasteiger partial charge in [0.05, 0.1) is 32.6 Å². The van der Waals surface area contributed by atoms with Gasteiger partial charge < -0.3 is 24.4 Å². The van der Waals surface area contributed by atoms with Crippen molar-refractivity contribution in [2.45, 2.75) is 19.8 Å². The molecular formula is C20H26N4O5S. The number of ether oxygens (including phenoxy) is 3. The normalized spacial score (nSPS) is 14.3. The maximum absolute atomic E-state index is 12.7. The van der Waals surface area contributed by atoms with E-state index in [-0.39, 0.29) is 11.8 Å². The number of carbonyl (C=O) groups excluding carboxylic acids is 2. The first-order valence-corrected chi connectivity index (χ1v) is 10.4. The summed E-state index contributed by atoms with van der Waals surface area (Å²) in [6.07, 6.45) is 1.64. The summed E-state index contributed by atoms with van der Waals surface area (Å²) in [5.74, 6) is 1.26. The van der Waals surface area contributed by atoms with Crippen LogP contribution in [-0.4, -0.2) is 67.3 Å². The predicted molar refractivity (Wildman–Crippen MR) is 112 cm³/mol. The Morgan fingerprint density at radius 2 is 1.83 bits per heavy atom. The van der Waals surface area contributed by atoms with E-state index < -0.39 is 0 Å². The number of methoxy groups -OCH3 is 3. The summed E-state index contributed by atoms with van der Waals surface area (Å²) < 4.78 is 19.8. The Kier molecular flexibility index (Phi) is 7.09.